The first kappa shape index (κ1) is 13.4. The van der Waals surface area contributed by atoms with Gasteiger partial charge in [-0.3, -0.25) is 0 Å². The van der Waals surface area contributed by atoms with E-state index in [1.165, 1.54) is 31.4 Å². The van der Waals surface area contributed by atoms with Crippen molar-refractivity contribution in [1.82, 2.24) is 0 Å². The summed E-state index contributed by atoms with van der Waals surface area (Å²) in [7, 11) is 1.34. The van der Waals surface area contributed by atoms with Crippen LogP contribution in [0.2, 0.25) is 0 Å². The summed E-state index contributed by atoms with van der Waals surface area (Å²) in [6, 6.07) is 6.85. The lowest BCUT2D eigenvalue weighted by Gasteiger charge is -2.14. The van der Waals surface area contributed by atoms with E-state index in [2.05, 4.69) is 0 Å². The van der Waals surface area contributed by atoms with Gasteiger partial charge in [-0.25, -0.2) is 13.2 Å². The highest BCUT2D eigenvalue weighted by atomic mass is 19.2. The number of hydrogen-bond acceptors (Lipinski definition) is 2. The minimum atomic E-state index is -0.970. The summed E-state index contributed by atoms with van der Waals surface area (Å²) in [5.74, 6) is -2.37. The van der Waals surface area contributed by atoms with Crippen molar-refractivity contribution in [3.05, 3.63) is 65.0 Å². The van der Waals surface area contributed by atoms with Crippen molar-refractivity contribution >= 4 is 0 Å². The number of ether oxygens (including phenoxy) is 1. The molecule has 2 aromatic rings. The van der Waals surface area contributed by atoms with Gasteiger partial charge in [0.15, 0.2) is 23.2 Å². The molecule has 0 spiro atoms. The average Bonchev–Trinajstić information content (AvgIpc) is 2.41. The van der Waals surface area contributed by atoms with E-state index in [1.807, 2.05) is 0 Å². The highest BCUT2D eigenvalue weighted by Gasteiger charge is 2.14. The zero-order valence-electron chi connectivity index (χ0n) is 10.2. The fourth-order valence-corrected chi connectivity index (χ4v) is 1.77. The van der Waals surface area contributed by atoms with Crippen molar-refractivity contribution < 1.29 is 17.9 Å². The predicted molar refractivity (Wildman–Crippen MR) is 65.3 cm³/mol. The average molecular weight is 267 g/mol. The molecule has 0 amide bonds. The van der Waals surface area contributed by atoms with Gasteiger partial charge in [0.2, 0.25) is 0 Å². The Kier molecular flexibility index (Phi) is 3.76. The zero-order valence-corrected chi connectivity index (χ0v) is 10.2. The molecule has 1 unspecified atom stereocenters. The van der Waals surface area contributed by atoms with E-state index in [-0.39, 0.29) is 5.75 Å². The summed E-state index contributed by atoms with van der Waals surface area (Å²) in [6.45, 7) is 0. The van der Waals surface area contributed by atoms with Gasteiger partial charge in [0.25, 0.3) is 0 Å². The third kappa shape index (κ3) is 2.71. The molecule has 0 aliphatic heterocycles. The lowest BCUT2D eigenvalue weighted by Crippen LogP contribution is -2.12. The number of nitrogens with two attached hydrogens (primary N) is 1. The number of methoxy groups -OCH3 is 1. The Hall–Kier alpha value is -2.01. The molecule has 0 aromatic heterocycles. The molecule has 5 heteroatoms. The minimum absolute atomic E-state index is 0.0514. The Morgan fingerprint density at radius 3 is 2.05 bits per heavy atom. The Labute approximate surface area is 108 Å². The van der Waals surface area contributed by atoms with Crippen LogP contribution in [0.25, 0.3) is 0 Å². The van der Waals surface area contributed by atoms with E-state index < -0.39 is 23.5 Å². The maximum atomic E-state index is 13.3. The van der Waals surface area contributed by atoms with Gasteiger partial charge in [-0.15, -0.1) is 0 Å². The lowest BCUT2D eigenvalue weighted by atomic mass is 9.99. The fraction of sp³-hybridized carbons (Fsp3) is 0.143. The summed E-state index contributed by atoms with van der Waals surface area (Å²) >= 11 is 0. The van der Waals surface area contributed by atoms with Gasteiger partial charge in [-0.2, -0.15) is 0 Å². The molecule has 2 rings (SSSR count). The summed E-state index contributed by atoms with van der Waals surface area (Å²) in [4.78, 5) is 0. The van der Waals surface area contributed by atoms with Crippen molar-refractivity contribution in [1.29, 1.82) is 0 Å². The first-order valence-electron chi connectivity index (χ1n) is 5.57. The molecule has 19 heavy (non-hydrogen) atoms. The second kappa shape index (κ2) is 5.32. The van der Waals surface area contributed by atoms with E-state index in [1.54, 1.807) is 0 Å². The summed E-state index contributed by atoms with van der Waals surface area (Å²) < 4.78 is 44.1. The Morgan fingerprint density at radius 2 is 1.47 bits per heavy atom. The molecule has 0 saturated heterocycles. The fourth-order valence-electron chi connectivity index (χ4n) is 1.77. The first-order valence-corrected chi connectivity index (χ1v) is 5.57. The molecule has 0 fully saturated rings. The topological polar surface area (TPSA) is 35.2 Å². The quantitative estimate of drug-likeness (QED) is 0.927. The maximum absolute atomic E-state index is 13.3. The van der Waals surface area contributed by atoms with Crippen LogP contribution in [0.5, 0.6) is 5.75 Å². The molecular weight excluding hydrogens is 255 g/mol. The molecule has 0 saturated carbocycles. The number of rotatable bonds is 3. The summed E-state index contributed by atoms with van der Waals surface area (Å²) in [6.07, 6.45) is 0. The van der Waals surface area contributed by atoms with Crippen LogP contribution in [0.3, 0.4) is 0 Å². The van der Waals surface area contributed by atoms with E-state index in [4.69, 9.17) is 10.5 Å². The van der Waals surface area contributed by atoms with Crippen LogP contribution < -0.4 is 10.5 Å². The molecule has 1 atom stereocenters. The van der Waals surface area contributed by atoms with Crippen LogP contribution in [-0.2, 0) is 0 Å². The molecule has 100 valence electrons. The highest BCUT2D eigenvalue weighted by molar-refractivity contribution is 5.37. The molecule has 2 nitrogen and oxygen atoms in total. The smallest absolute Gasteiger partial charge is 0.165 e. The zero-order chi connectivity index (χ0) is 14.0. The van der Waals surface area contributed by atoms with Crippen molar-refractivity contribution in [2.45, 2.75) is 6.04 Å². The van der Waals surface area contributed by atoms with Crippen LogP contribution in [0.1, 0.15) is 17.2 Å². The van der Waals surface area contributed by atoms with Gasteiger partial charge < -0.3 is 10.5 Å². The Balaban J connectivity index is 2.37. The minimum Gasteiger partial charge on any atom is -0.494 e. The largest absolute Gasteiger partial charge is 0.494 e. The van der Waals surface area contributed by atoms with Gasteiger partial charge in [0, 0.05) is 0 Å². The van der Waals surface area contributed by atoms with Gasteiger partial charge in [0.1, 0.15) is 0 Å². The normalized spacial score (nSPS) is 12.3. The lowest BCUT2D eigenvalue weighted by molar-refractivity contribution is 0.385. The van der Waals surface area contributed by atoms with Crippen molar-refractivity contribution in [2.75, 3.05) is 7.11 Å². The third-order valence-corrected chi connectivity index (χ3v) is 2.84. The Morgan fingerprint density at radius 1 is 0.895 bits per heavy atom. The van der Waals surface area contributed by atoms with Gasteiger partial charge >= 0.3 is 0 Å². The van der Waals surface area contributed by atoms with E-state index >= 15 is 0 Å². The summed E-state index contributed by atoms with van der Waals surface area (Å²) in [5, 5.41) is 0. The first-order chi connectivity index (χ1) is 9.02. The SMILES string of the molecule is COc1cc(C(N)c2ccc(F)c(F)c2)ccc1F. The van der Waals surface area contributed by atoms with Gasteiger partial charge in [-0.1, -0.05) is 12.1 Å². The number of benzene rings is 2. The van der Waals surface area contributed by atoms with Crippen LogP contribution in [0, 0.1) is 17.5 Å². The van der Waals surface area contributed by atoms with Crippen molar-refractivity contribution in [3.8, 4) is 5.75 Å². The number of hydrogen-bond donors (Lipinski definition) is 1. The molecule has 0 bridgehead atoms. The molecule has 2 aromatic carbocycles. The maximum Gasteiger partial charge on any atom is 0.165 e. The third-order valence-electron chi connectivity index (χ3n) is 2.84. The molecule has 2 N–H and O–H groups in total. The van der Waals surface area contributed by atoms with Gasteiger partial charge in [0.05, 0.1) is 13.2 Å². The molecule has 0 aliphatic carbocycles. The number of halogens is 3. The van der Waals surface area contributed by atoms with Crippen LogP contribution >= 0.6 is 0 Å². The highest BCUT2D eigenvalue weighted by Crippen LogP contribution is 2.26. The van der Waals surface area contributed by atoms with E-state index in [9.17, 15) is 13.2 Å². The summed E-state index contributed by atoms with van der Waals surface area (Å²) in [5.41, 5.74) is 6.88. The van der Waals surface area contributed by atoms with E-state index in [0.717, 1.165) is 12.1 Å². The second-order valence-electron chi connectivity index (χ2n) is 4.05. The van der Waals surface area contributed by atoms with Gasteiger partial charge in [-0.05, 0) is 35.4 Å². The van der Waals surface area contributed by atoms with Crippen molar-refractivity contribution in [3.63, 3.8) is 0 Å². The predicted octanol–water partition coefficient (Wildman–Crippen LogP) is 3.16. The van der Waals surface area contributed by atoms with Crippen LogP contribution in [0.4, 0.5) is 13.2 Å². The monoisotopic (exact) mass is 267 g/mol. The Bertz CT molecular complexity index is 601. The molecular formula is C14H12F3NO. The standard InChI is InChI=1S/C14H12F3NO/c1-19-13-7-9(3-5-11(13)16)14(18)8-2-4-10(15)12(17)6-8/h2-7,14H,18H2,1H3. The second-order valence-corrected chi connectivity index (χ2v) is 4.05. The molecule has 0 heterocycles. The molecule has 0 radical (unpaired) electrons. The van der Waals surface area contributed by atoms with E-state index in [0.29, 0.717) is 11.1 Å². The van der Waals surface area contributed by atoms with Crippen molar-refractivity contribution in [2.24, 2.45) is 5.73 Å². The van der Waals surface area contributed by atoms with Crippen LogP contribution in [-0.4, -0.2) is 7.11 Å². The van der Waals surface area contributed by atoms with Crippen LogP contribution in [0.15, 0.2) is 36.4 Å². The molecule has 0 aliphatic rings.